The molecule has 0 unspecified atom stereocenters. The van der Waals surface area contributed by atoms with Gasteiger partial charge in [-0.2, -0.15) is 5.10 Å². The highest BCUT2D eigenvalue weighted by molar-refractivity contribution is 6.29. The molecule has 0 N–H and O–H groups in total. The normalized spacial score (nSPS) is 11.0. The number of aromatic nitrogens is 4. The van der Waals surface area contributed by atoms with Gasteiger partial charge in [-0.3, -0.25) is 0 Å². The Morgan fingerprint density at radius 1 is 0.926 bits per heavy atom. The minimum absolute atomic E-state index is 0.448. The number of ether oxygens (including phenoxy) is 2. The summed E-state index contributed by atoms with van der Waals surface area (Å²) in [6.07, 6.45) is 1.73. The van der Waals surface area contributed by atoms with E-state index in [1.54, 1.807) is 26.5 Å². The van der Waals surface area contributed by atoms with E-state index in [0.717, 1.165) is 33.9 Å². The number of benzene rings is 1. The third-order valence-corrected chi connectivity index (χ3v) is 4.56. The molecule has 0 aliphatic carbocycles. The largest absolute Gasteiger partial charge is 0.493 e. The minimum atomic E-state index is 0.448. The first-order valence-electron chi connectivity index (χ1n) is 8.31. The predicted octanol–water partition coefficient (Wildman–Crippen LogP) is 4.44. The molecule has 0 saturated heterocycles. The predicted molar refractivity (Wildman–Crippen MR) is 105 cm³/mol. The molecule has 0 saturated carbocycles. The number of imidazole rings is 1. The van der Waals surface area contributed by atoms with Gasteiger partial charge in [0.25, 0.3) is 0 Å². The van der Waals surface area contributed by atoms with Crippen LogP contribution >= 0.6 is 11.6 Å². The summed E-state index contributed by atoms with van der Waals surface area (Å²) < 4.78 is 12.5. The first-order chi connectivity index (χ1) is 13.1. The molecule has 0 atom stereocenters. The van der Waals surface area contributed by atoms with Gasteiger partial charge in [-0.1, -0.05) is 11.6 Å². The minimum Gasteiger partial charge on any atom is -0.493 e. The van der Waals surface area contributed by atoms with Gasteiger partial charge >= 0.3 is 0 Å². The lowest BCUT2D eigenvalue weighted by atomic mass is 10.1. The maximum Gasteiger partial charge on any atom is 0.161 e. The Kier molecular flexibility index (Phi) is 4.41. The highest BCUT2D eigenvalue weighted by Crippen LogP contribution is 2.32. The van der Waals surface area contributed by atoms with Gasteiger partial charge in [0.05, 0.1) is 31.3 Å². The quantitative estimate of drug-likeness (QED) is 0.490. The van der Waals surface area contributed by atoms with Gasteiger partial charge < -0.3 is 9.47 Å². The number of halogens is 1. The van der Waals surface area contributed by atoms with E-state index in [4.69, 9.17) is 26.2 Å². The number of nitrogens with zero attached hydrogens (tertiary/aromatic N) is 4. The molecule has 0 fully saturated rings. The van der Waals surface area contributed by atoms with E-state index in [9.17, 15) is 0 Å². The highest BCUT2D eigenvalue weighted by atomic mass is 35.5. The molecule has 0 amide bonds. The molecule has 7 heteroatoms. The monoisotopic (exact) mass is 380 g/mol. The smallest absolute Gasteiger partial charge is 0.161 e. The molecule has 0 aliphatic heterocycles. The van der Waals surface area contributed by atoms with Crippen molar-refractivity contribution < 1.29 is 9.47 Å². The third-order valence-electron chi connectivity index (χ3n) is 4.33. The number of hydrogen-bond donors (Lipinski definition) is 0. The Labute approximate surface area is 161 Å². The van der Waals surface area contributed by atoms with Crippen molar-refractivity contribution in [2.75, 3.05) is 14.2 Å². The van der Waals surface area contributed by atoms with E-state index < -0.39 is 0 Å². The molecular weight excluding hydrogens is 364 g/mol. The molecule has 4 rings (SSSR count). The number of rotatable bonds is 4. The van der Waals surface area contributed by atoms with Crippen molar-refractivity contribution >= 4 is 17.2 Å². The first-order valence-corrected chi connectivity index (χ1v) is 8.69. The van der Waals surface area contributed by atoms with Crippen LogP contribution < -0.4 is 9.47 Å². The van der Waals surface area contributed by atoms with Gasteiger partial charge in [0.2, 0.25) is 0 Å². The van der Waals surface area contributed by atoms with Gasteiger partial charge in [-0.15, -0.1) is 0 Å². The number of aryl methyl sites for hydroxylation is 1. The fourth-order valence-corrected chi connectivity index (χ4v) is 3.15. The van der Waals surface area contributed by atoms with Crippen LogP contribution in [0.25, 0.3) is 28.2 Å². The second-order valence-corrected chi connectivity index (χ2v) is 6.36. The molecule has 0 bridgehead atoms. The average molecular weight is 381 g/mol. The zero-order valence-electron chi connectivity index (χ0n) is 15.1. The summed E-state index contributed by atoms with van der Waals surface area (Å²) in [5.41, 5.74) is 5.14. The van der Waals surface area contributed by atoms with Crippen molar-refractivity contribution in [3.8, 4) is 34.0 Å². The van der Waals surface area contributed by atoms with Crippen LogP contribution in [0.15, 0.2) is 48.7 Å². The Hall–Kier alpha value is -3.12. The first kappa shape index (κ1) is 17.3. The summed E-state index contributed by atoms with van der Waals surface area (Å²) >= 11 is 5.92. The van der Waals surface area contributed by atoms with Crippen molar-refractivity contribution in [3.63, 3.8) is 0 Å². The van der Waals surface area contributed by atoms with Crippen molar-refractivity contribution in [1.29, 1.82) is 0 Å². The maximum absolute atomic E-state index is 5.92. The summed E-state index contributed by atoms with van der Waals surface area (Å²) in [6, 6.07) is 13.3. The van der Waals surface area contributed by atoms with Crippen molar-refractivity contribution in [2.24, 2.45) is 0 Å². The Morgan fingerprint density at radius 2 is 1.70 bits per heavy atom. The molecule has 3 heterocycles. The van der Waals surface area contributed by atoms with Crippen LogP contribution in [0.5, 0.6) is 11.5 Å². The number of hydrogen-bond acceptors (Lipinski definition) is 5. The fraction of sp³-hybridized carbons (Fsp3) is 0.150. The lowest BCUT2D eigenvalue weighted by molar-refractivity contribution is 0.355. The zero-order valence-corrected chi connectivity index (χ0v) is 15.9. The SMILES string of the molecule is COc1ccc(-c2ccc3nc(C)c(-c4ccc(Cl)nc4)n3n2)cc1OC. The van der Waals surface area contributed by atoms with E-state index in [2.05, 4.69) is 9.97 Å². The Morgan fingerprint density at radius 3 is 2.41 bits per heavy atom. The van der Waals surface area contributed by atoms with Gasteiger partial charge in [0, 0.05) is 17.3 Å². The van der Waals surface area contributed by atoms with Crippen LogP contribution in [0, 0.1) is 6.92 Å². The number of fused-ring (bicyclic) bond motifs is 1. The summed E-state index contributed by atoms with van der Waals surface area (Å²) in [5, 5.41) is 5.24. The molecule has 3 aromatic heterocycles. The summed E-state index contributed by atoms with van der Waals surface area (Å²) in [6.45, 7) is 1.95. The molecule has 0 radical (unpaired) electrons. The van der Waals surface area contributed by atoms with E-state index in [-0.39, 0.29) is 0 Å². The zero-order chi connectivity index (χ0) is 19.0. The second kappa shape index (κ2) is 6.89. The topological polar surface area (TPSA) is 61.5 Å². The van der Waals surface area contributed by atoms with Crippen LogP contribution in [0.3, 0.4) is 0 Å². The molecule has 1 aromatic carbocycles. The highest BCUT2D eigenvalue weighted by Gasteiger charge is 2.14. The maximum atomic E-state index is 5.92. The standard InChI is InChI=1S/C20H17ClN4O2/c1-12-20(14-5-8-18(21)22-11-14)25-19(23-12)9-6-15(24-25)13-4-7-16(26-2)17(10-13)27-3/h4-11H,1-3H3. The van der Waals surface area contributed by atoms with Crippen molar-refractivity contribution in [1.82, 2.24) is 19.6 Å². The van der Waals surface area contributed by atoms with E-state index in [0.29, 0.717) is 16.7 Å². The van der Waals surface area contributed by atoms with E-state index in [1.165, 1.54) is 0 Å². The average Bonchev–Trinajstić information content (AvgIpc) is 3.03. The Balaban J connectivity index is 1.87. The van der Waals surface area contributed by atoms with Crippen LogP contribution in [-0.4, -0.2) is 33.8 Å². The van der Waals surface area contributed by atoms with Gasteiger partial charge in [-0.25, -0.2) is 14.5 Å². The third kappa shape index (κ3) is 3.08. The van der Waals surface area contributed by atoms with Gasteiger partial charge in [0.15, 0.2) is 17.1 Å². The molecule has 6 nitrogen and oxygen atoms in total. The van der Waals surface area contributed by atoms with Crippen molar-refractivity contribution in [2.45, 2.75) is 6.92 Å². The van der Waals surface area contributed by atoms with Crippen molar-refractivity contribution in [3.05, 3.63) is 59.5 Å². The van der Waals surface area contributed by atoms with Crippen LogP contribution in [0.4, 0.5) is 0 Å². The lowest BCUT2D eigenvalue weighted by Gasteiger charge is -2.10. The van der Waals surface area contributed by atoms with Crippen LogP contribution in [0.1, 0.15) is 5.69 Å². The summed E-state index contributed by atoms with van der Waals surface area (Å²) in [5.74, 6) is 1.33. The molecule has 0 spiro atoms. The van der Waals surface area contributed by atoms with Gasteiger partial charge in [0.1, 0.15) is 5.15 Å². The van der Waals surface area contributed by atoms with E-state index >= 15 is 0 Å². The van der Waals surface area contributed by atoms with Crippen LogP contribution in [0.2, 0.25) is 5.15 Å². The molecular formula is C20H17ClN4O2. The molecule has 27 heavy (non-hydrogen) atoms. The second-order valence-electron chi connectivity index (χ2n) is 5.97. The Bertz CT molecular complexity index is 1120. The molecule has 4 aromatic rings. The number of methoxy groups -OCH3 is 2. The number of pyridine rings is 1. The fourth-order valence-electron chi connectivity index (χ4n) is 3.04. The lowest BCUT2D eigenvalue weighted by Crippen LogP contribution is -1.98. The summed E-state index contributed by atoms with van der Waals surface area (Å²) in [7, 11) is 3.23. The van der Waals surface area contributed by atoms with E-state index in [1.807, 2.05) is 47.8 Å². The molecule has 0 aliphatic rings. The molecule has 136 valence electrons. The summed E-state index contributed by atoms with van der Waals surface area (Å²) in [4.78, 5) is 8.77. The van der Waals surface area contributed by atoms with Crippen LogP contribution in [-0.2, 0) is 0 Å². The van der Waals surface area contributed by atoms with Gasteiger partial charge in [-0.05, 0) is 49.4 Å².